The first kappa shape index (κ1) is 29.9. The molecule has 1 heterocycles. The number of hydrogen-bond donors (Lipinski definition) is 1. The minimum atomic E-state index is -4.67. The lowest BCUT2D eigenvalue weighted by Crippen LogP contribution is -2.45. The molecule has 0 amide bonds. The monoisotopic (exact) mass is 542 g/mol. The van der Waals surface area contributed by atoms with Gasteiger partial charge in [-0.2, -0.15) is 18.3 Å². The van der Waals surface area contributed by atoms with Crippen LogP contribution >= 0.6 is 0 Å². The lowest BCUT2D eigenvalue weighted by atomic mass is 9.78. The van der Waals surface area contributed by atoms with Crippen molar-refractivity contribution in [3.63, 3.8) is 0 Å². The van der Waals surface area contributed by atoms with E-state index in [9.17, 15) is 27.5 Å². The molecule has 39 heavy (non-hydrogen) atoms. The van der Waals surface area contributed by atoms with Gasteiger partial charge in [0.1, 0.15) is 11.5 Å². The molecule has 208 valence electrons. The maximum absolute atomic E-state index is 14.3. The van der Waals surface area contributed by atoms with Crippen LogP contribution in [0.25, 0.3) is 11.1 Å². The Morgan fingerprint density at radius 3 is 2.21 bits per heavy atom. The van der Waals surface area contributed by atoms with E-state index in [0.717, 1.165) is 27.8 Å². The topological polar surface area (TPSA) is 52.9 Å². The van der Waals surface area contributed by atoms with Crippen LogP contribution in [0.4, 0.5) is 23.2 Å². The highest BCUT2D eigenvalue weighted by atomic mass is 19.4. The Kier molecular flexibility index (Phi) is 8.88. The van der Waals surface area contributed by atoms with Crippen LogP contribution in [0.1, 0.15) is 56.4 Å². The Balaban J connectivity index is 0.00000205. The number of carboxylic acids is 1. The van der Waals surface area contributed by atoms with Gasteiger partial charge in [0.25, 0.3) is 0 Å². The van der Waals surface area contributed by atoms with Crippen molar-refractivity contribution in [1.82, 2.24) is 0 Å². The summed E-state index contributed by atoms with van der Waals surface area (Å²) in [5, 5.41) is 14.3. The van der Waals surface area contributed by atoms with Crippen molar-refractivity contribution in [1.29, 1.82) is 0 Å². The van der Waals surface area contributed by atoms with Crippen molar-refractivity contribution in [2.24, 2.45) is 10.5 Å². The first-order valence-electron chi connectivity index (χ1n) is 12.9. The highest BCUT2D eigenvalue weighted by Gasteiger charge is 2.55. The summed E-state index contributed by atoms with van der Waals surface area (Å²) in [4.78, 5) is 11.4. The third-order valence-electron chi connectivity index (χ3n) is 6.95. The van der Waals surface area contributed by atoms with Crippen LogP contribution in [0, 0.1) is 25.1 Å². The molecular weight excluding hydrogens is 508 g/mol. The van der Waals surface area contributed by atoms with E-state index in [2.05, 4.69) is 5.10 Å². The van der Waals surface area contributed by atoms with Crippen molar-refractivity contribution in [3.05, 3.63) is 88.7 Å². The van der Waals surface area contributed by atoms with Crippen LogP contribution in [-0.2, 0) is 11.2 Å². The second kappa shape index (κ2) is 11.6. The summed E-state index contributed by atoms with van der Waals surface area (Å²) in [5.41, 5.74) is 3.16. The number of benzene rings is 3. The third kappa shape index (κ3) is 6.49. The van der Waals surface area contributed by atoms with Gasteiger partial charge in [-0.05, 0) is 66.8 Å². The summed E-state index contributed by atoms with van der Waals surface area (Å²) in [6.45, 7) is 10.6. The predicted octanol–water partition coefficient (Wildman–Crippen LogP) is 8.33. The fourth-order valence-corrected chi connectivity index (χ4v) is 4.85. The summed E-state index contributed by atoms with van der Waals surface area (Å²) in [5.74, 6) is -1.47. The molecular formula is C31H34F4N2O2. The fourth-order valence-electron chi connectivity index (χ4n) is 4.85. The average molecular weight is 543 g/mol. The molecule has 3 aromatic rings. The summed E-state index contributed by atoms with van der Waals surface area (Å²) in [6, 6.07) is 16.7. The zero-order valence-electron chi connectivity index (χ0n) is 23.0. The largest absolute Gasteiger partial charge is 0.481 e. The summed E-state index contributed by atoms with van der Waals surface area (Å²) in [7, 11) is 0. The number of aliphatic carboxylic acids is 1. The van der Waals surface area contributed by atoms with Gasteiger partial charge in [0.2, 0.25) is 0 Å². The maximum atomic E-state index is 14.3. The smallest absolute Gasteiger partial charge is 0.431 e. The van der Waals surface area contributed by atoms with Gasteiger partial charge in [0.15, 0.2) is 0 Å². The Bertz CT molecular complexity index is 1360. The quantitative estimate of drug-likeness (QED) is 0.319. The van der Waals surface area contributed by atoms with Crippen LogP contribution in [-0.4, -0.2) is 29.0 Å². The first-order valence-corrected chi connectivity index (χ1v) is 12.9. The van der Waals surface area contributed by atoms with E-state index >= 15 is 0 Å². The zero-order valence-corrected chi connectivity index (χ0v) is 23.0. The summed E-state index contributed by atoms with van der Waals surface area (Å²) >= 11 is 0. The van der Waals surface area contributed by atoms with Gasteiger partial charge in [-0.3, -0.25) is 9.80 Å². The molecule has 1 atom stereocenters. The maximum Gasteiger partial charge on any atom is 0.431 e. The molecule has 3 aromatic carbocycles. The van der Waals surface area contributed by atoms with Crippen molar-refractivity contribution in [2.75, 3.05) is 5.01 Å². The van der Waals surface area contributed by atoms with E-state index in [1.54, 1.807) is 30.3 Å². The van der Waals surface area contributed by atoms with Gasteiger partial charge < -0.3 is 5.11 Å². The third-order valence-corrected chi connectivity index (χ3v) is 6.95. The Hall–Kier alpha value is -3.68. The van der Waals surface area contributed by atoms with E-state index in [-0.39, 0.29) is 5.82 Å². The fraction of sp³-hybridized carbons (Fsp3) is 0.355. The molecule has 8 heteroatoms. The van der Waals surface area contributed by atoms with Crippen molar-refractivity contribution in [3.8, 4) is 11.1 Å². The number of hydrazone groups is 1. The van der Waals surface area contributed by atoms with E-state index in [1.165, 1.54) is 24.9 Å². The molecule has 0 aliphatic carbocycles. The number of halogens is 4. The lowest BCUT2D eigenvalue weighted by Gasteiger charge is -2.32. The van der Waals surface area contributed by atoms with Gasteiger partial charge in [-0.1, -0.05) is 69.7 Å². The second-order valence-corrected chi connectivity index (χ2v) is 10.1. The van der Waals surface area contributed by atoms with Gasteiger partial charge in [-0.25, -0.2) is 4.39 Å². The molecule has 1 N–H and O–H groups in total. The molecule has 0 aromatic heterocycles. The average Bonchev–Trinajstić information content (AvgIpc) is 3.13. The van der Waals surface area contributed by atoms with Crippen LogP contribution < -0.4 is 5.01 Å². The van der Waals surface area contributed by atoms with E-state index in [0.29, 0.717) is 17.7 Å². The van der Waals surface area contributed by atoms with Crippen LogP contribution in [0.3, 0.4) is 0 Å². The highest BCUT2D eigenvalue weighted by molar-refractivity contribution is 5.98. The number of nitrogens with zero attached hydrogens (tertiary/aromatic N) is 2. The molecule has 0 saturated heterocycles. The summed E-state index contributed by atoms with van der Waals surface area (Å²) in [6.07, 6.45) is -4.57. The molecule has 4 nitrogen and oxygen atoms in total. The van der Waals surface area contributed by atoms with Gasteiger partial charge in [0, 0.05) is 11.0 Å². The number of carbonyl (C=O) groups is 1. The normalized spacial score (nSPS) is 16.4. The molecule has 0 saturated carbocycles. The molecule has 1 aliphatic heterocycles. The Morgan fingerprint density at radius 2 is 1.64 bits per heavy atom. The van der Waals surface area contributed by atoms with Gasteiger partial charge in [0.05, 0.1) is 18.2 Å². The van der Waals surface area contributed by atoms with E-state index in [4.69, 9.17) is 0 Å². The standard InChI is InChI=1S/C29H28F4N2O2.C2H6/c1-17-5-12-24(30)23(13-17)21-9-8-20(18(2)14-21)15-19-6-10-22(11-7-19)35-25(16-26(36)37)28(3,4)27(34-35)29(31,32)33;1-2/h5-14,25H,15-16H2,1-4H3,(H,36,37);1-2H3. The molecule has 0 spiro atoms. The van der Waals surface area contributed by atoms with Gasteiger partial charge in [-0.15, -0.1) is 0 Å². The van der Waals surface area contributed by atoms with Crippen LogP contribution in [0.15, 0.2) is 65.8 Å². The van der Waals surface area contributed by atoms with Crippen LogP contribution in [0.2, 0.25) is 0 Å². The number of rotatable bonds is 6. The molecule has 1 aliphatic rings. The molecule has 1 unspecified atom stereocenters. The first-order chi connectivity index (χ1) is 18.3. The van der Waals surface area contributed by atoms with Crippen molar-refractivity contribution in [2.45, 2.75) is 66.6 Å². The molecule has 4 rings (SSSR count). The number of hydrogen-bond acceptors (Lipinski definition) is 3. The predicted molar refractivity (Wildman–Crippen MR) is 148 cm³/mol. The Labute approximate surface area is 227 Å². The number of carboxylic acid groups (broad SMARTS) is 1. The number of aryl methyl sites for hydroxylation is 2. The van der Waals surface area contributed by atoms with Crippen LogP contribution in [0.5, 0.6) is 0 Å². The van der Waals surface area contributed by atoms with Crippen molar-refractivity contribution >= 4 is 17.4 Å². The molecule has 0 radical (unpaired) electrons. The van der Waals surface area contributed by atoms with E-state index < -0.39 is 35.7 Å². The summed E-state index contributed by atoms with van der Waals surface area (Å²) < 4.78 is 55.3. The van der Waals surface area contributed by atoms with Crippen molar-refractivity contribution < 1.29 is 27.5 Å². The highest BCUT2D eigenvalue weighted by Crippen LogP contribution is 2.44. The zero-order chi connectivity index (χ0) is 29.1. The van der Waals surface area contributed by atoms with E-state index in [1.807, 2.05) is 52.0 Å². The lowest BCUT2D eigenvalue weighted by molar-refractivity contribution is -0.137. The Morgan fingerprint density at radius 1 is 1.00 bits per heavy atom. The number of alkyl halides is 3. The van der Waals surface area contributed by atoms with Gasteiger partial charge >= 0.3 is 12.1 Å². The minimum absolute atomic E-state index is 0.282. The molecule has 0 bridgehead atoms. The molecule has 0 fully saturated rings. The minimum Gasteiger partial charge on any atom is -0.481 e. The number of anilines is 1. The second-order valence-electron chi connectivity index (χ2n) is 10.1. The SMILES string of the molecule is CC.Cc1ccc(F)c(-c2ccc(Cc3ccc(N4N=C(C(F)(F)F)C(C)(C)C4CC(=O)O)cc3)c(C)c2)c1.